The maximum Gasteiger partial charge on any atom is 0.306 e. The smallest absolute Gasteiger partial charge is 0.306 e. The van der Waals surface area contributed by atoms with Crippen molar-refractivity contribution in [3.63, 3.8) is 0 Å². The Bertz CT molecular complexity index is 1470. The zero-order valence-corrected chi connectivity index (χ0v) is 55.7. The molecule has 0 saturated carbocycles. The minimum absolute atomic E-state index is 0.0785. The van der Waals surface area contributed by atoms with Crippen molar-refractivity contribution in [2.75, 3.05) is 13.2 Å². The molecule has 1 atom stereocenters. The first-order chi connectivity index (χ1) is 41.0. The molecule has 0 bridgehead atoms. The molecule has 0 aliphatic rings. The van der Waals surface area contributed by atoms with Crippen LogP contribution < -0.4 is 0 Å². The predicted molar refractivity (Wildman–Crippen MR) is 362 cm³/mol. The highest BCUT2D eigenvalue weighted by Crippen LogP contribution is 2.18. The van der Waals surface area contributed by atoms with Crippen LogP contribution in [-0.4, -0.2) is 37.2 Å². The SMILES string of the molecule is CCCCCC/C=C\C/C=C\CCCCCCCC(=O)OC(COC(=O)CCCCCCC/C=C\CCCCCCCCC)COC(=O)CCCCCCCCCCCCCCCCCCCCCCC/C=C\C/C=C\CCCCCCC. The van der Waals surface area contributed by atoms with Gasteiger partial charge in [-0.1, -0.05) is 326 Å². The summed E-state index contributed by atoms with van der Waals surface area (Å²) in [6, 6.07) is 0. The number of hydrogen-bond donors (Lipinski definition) is 0. The molecule has 6 nitrogen and oxygen atoms in total. The van der Waals surface area contributed by atoms with E-state index in [-0.39, 0.29) is 31.1 Å². The Hall–Kier alpha value is -2.89. The van der Waals surface area contributed by atoms with Crippen molar-refractivity contribution < 1.29 is 28.6 Å². The molecule has 6 heteroatoms. The van der Waals surface area contributed by atoms with E-state index in [1.165, 1.54) is 257 Å². The molecule has 0 aromatic carbocycles. The van der Waals surface area contributed by atoms with Crippen LogP contribution in [0.1, 0.15) is 393 Å². The third-order valence-electron chi connectivity index (χ3n) is 16.5. The summed E-state index contributed by atoms with van der Waals surface area (Å²) >= 11 is 0. The first kappa shape index (κ1) is 80.1. The molecule has 484 valence electrons. The van der Waals surface area contributed by atoms with Crippen LogP contribution in [-0.2, 0) is 28.6 Å². The van der Waals surface area contributed by atoms with Gasteiger partial charge in [0.05, 0.1) is 0 Å². The van der Waals surface area contributed by atoms with E-state index in [0.717, 1.165) is 96.3 Å². The fourth-order valence-electron chi connectivity index (χ4n) is 10.9. The molecule has 83 heavy (non-hydrogen) atoms. The van der Waals surface area contributed by atoms with Gasteiger partial charge in [-0.2, -0.15) is 0 Å². The lowest BCUT2D eigenvalue weighted by Crippen LogP contribution is -2.30. The molecule has 0 aliphatic heterocycles. The highest BCUT2D eigenvalue weighted by atomic mass is 16.6. The summed E-state index contributed by atoms with van der Waals surface area (Å²) in [6.07, 6.45) is 92.7. The largest absolute Gasteiger partial charge is 0.462 e. The third-order valence-corrected chi connectivity index (χ3v) is 16.5. The number of rotatable bonds is 68. The van der Waals surface area contributed by atoms with Gasteiger partial charge >= 0.3 is 17.9 Å². The Morgan fingerprint density at radius 1 is 0.241 bits per heavy atom. The van der Waals surface area contributed by atoms with Gasteiger partial charge in [0, 0.05) is 19.3 Å². The Balaban J connectivity index is 4.17. The molecule has 0 saturated heterocycles. The molecular weight excluding hydrogens is 1020 g/mol. The second-order valence-electron chi connectivity index (χ2n) is 24.8. The van der Waals surface area contributed by atoms with Crippen molar-refractivity contribution in [1.82, 2.24) is 0 Å². The van der Waals surface area contributed by atoms with E-state index >= 15 is 0 Å². The number of hydrogen-bond acceptors (Lipinski definition) is 6. The Kier molecular flexibility index (Phi) is 69.1. The van der Waals surface area contributed by atoms with Gasteiger partial charge in [0.2, 0.25) is 0 Å². The number of carbonyl (C=O) groups is 3. The van der Waals surface area contributed by atoms with Gasteiger partial charge in [-0.25, -0.2) is 0 Å². The first-order valence-electron chi connectivity index (χ1n) is 36.8. The van der Waals surface area contributed by atoms with Crippen LogP contribution in [0, 0.1) is 0 Å². The van der Waals surface area contributed by atoms with Gasteiger partial charge in [-0.05, 0) is 109 Å². The molecule has 0 heterocycles. The molecular formula is C77H140O6. The van der Waals surface area contributed by atoms with Crippen LogP contribution >= 0.6 is 0 Å². The normalized spacial score (nSPS) is 12.4. The minimum atomic E-state index is -0.785. The van der Waals surface area contributed by atoms with Crippen LogP contribution in [0.15, 0.2) is 60.8 Å². The van der Waals surface area contributed by atoms with E-state index in [0.29, 0.717) is 19.3 Å². The van der Waals surface area contributed by atoms with Gasteiger partial charge in [-0.3, -0.25) is 14.4 Å². The number of unbranched alkanes of at least 4 members (excludes halogenated alkanes) is 47. The van der Waals surface area contributed by atoms with Crippen molar-refractivity contribution in [3.05, 3.63) is 60.8 Å². The summed E-state index contributed by atoms with van der Waals surface area (Å²) in [7, 11) is 0. The molecule has 0 aromatic rings. The quantitative estimate of drug-likeness (QED) is 0.0261. The lowest BCUT2D eigenvalue weighted by molar-refractivity contribution is -0.167. The molecule has 0 radical (unpaired) electrons. The van der Waals surface area contributed by atoms with Crippen molar-refractivity contribution in [1.29, 1.82) is 0 Å². The van der Waals surface area contributed by atoms with Gasteiger partial charge in [-0.15, -0.1) is 0 Å². The highest BCUT2D eigenvalue weighted by Gasteiger charge is 2.19. The topological polar surface area (TPSA) is 78.9 Å². The van der Waals surface area contributed by atoms with Crippen LogP contribution in [0.3, 0.4) is 0 Å². The highest BCUT2D eigenvalue weighted by molar-refractivity contribution is 5.71. The Morgan fingerprint density at radius 2 is 0.434 bits per heavy atom. The van der Waals surface area contributed by atoms with E-state index in [1.807, 2.05) is 0 Å². The summed E-state index contributed by atoms with van der Waals surface area (Å²) in [5, 5.41) is 0. The fraction of sp³-hybridized carbons (Fsp3) is 0.831. The standard InChI is InChI=1S/C77H140O6/c1-4-7-10-13-16-19-22-25-28-31-32-33-34-35-36-37-38-39-40-41-42-43-44-45-46-47-50-52-55-58-61-64-67-70-76(79)82-73-74(83-77(80)71-68-65-62-59-56-53-49-30-27-24-21-18-15-12-9-6-3)72-81-75(78)69-66-63-60-57-54-51-48-29-26-23-20-17-14-11-8-5-2/h21-22,24-25,29-32,48-49,74H,4-20,23,26-28,33-47,50-73H2,1-3H3/b24-21-,25-22-,32-31-,48-29-,49-30-. The van der Waals surface area contributed by atoms with Crippen LogP contribution in [0.2, 0.25) is 0 Å². The van der Waals surface area contributed by atoms with Crippen molar-refractivity contribution in [2.45, 2.75) is 399 Å². The molecule has 0 aliphatic carbocycles. The van der Waals surface area contributed by atoms with Crippen LogP contribution in [0.5, 0.6) is 0 Å². The van der Waals surface area contributed by atoms with E-state index in [4.69, 9.17) is 14.2 Å². The molecule has 0 amide bonds. The van der Waals surface area contributed by atoms with E-state index in [9.17, 15) is 14.4 Å². The van der Waals surface area contributed by atoms with E-state index in [2.05, 4.69) is 81.5 Å². The number of allylic oxidation sites excluding steroid dienone is 10. The second-order valence-corrected chi connectivity index (χ2v) is 24.8. The summed E-state index contributed by atoms with van der Waals surface area (Å²) in [5.41, 5.74) is 0. The van der Waals surface area contributed by atoms with E-state index < -0.39 is 6.10 Å². The molecule has 0 rings (SSSR count). The molecule has 0 aromatic heterocycles. The fourth-order valence-corrected chi connectivity index (χ4v) is 10.9. The van der Waals surface area contributed by atoms with Gasteiger partial charge in [0.15, 0.2) is 6.10 Å². The molecule has 0 spiro atoms. The lowest BCUT2D eigenvalue weighted by Gasteiger charge is -2.18. The molecule has 0 N–H and O–H groups in total. The van der Waals surface area contributed by atoms with Gasteiger partial charge in [0.25, 0.3) is 0 Å². The molecule has 0 fully saturated rings. The number of esters is 3. The van der Waals surface area contributed by atoms with Crippen LogP contribution in [0.4, 0.5) is 0 Å². The van der Waals surface area contributed by atoms with Crippen molar-refractivity contribution >= 4 is 17.9 Å². The molecule has 1 unspecified atom stereocenters. The zero-order chi connectivity index (χ0) is 59.9. The second kappa shape index (κ2) is 71.6. The lowest BCUT2D eigenvalue weighted by atomic mass is 10.0. The van der Waals surface area contributed by atoms with Gasteiger partial charge in [0.1, 0.15) is 13.2 Å². The average molecular weight is 1160 g/mol. The summed E-state index contributed by atoms with van der Waals surface area (Å²) in [4.78, 5) is 38.4. The van der Waals surface area contributed by atoms with E-state index in [1.54, 1.807) is 0 Å². The number of carbonyl (C=O) groups excluding carboxylic acids is 3. The first-order valence-corrected chi connectivity index (χ1v) is 36.8. The third kappa shape index (κ3) is 69.8. The van der Waals surface area contributed by atoms with Crippen molar-refractivity contribution in [3.8, 4) is 0 Å². The maximum absolute atomic E-state index is 12.9. The summed E-state index contributed by atoms with van der Waals surface area (Å²) in [6.45, 7) is 6.65. The number of ether oxygens (including phenoxy) is 3. The summed E-state index contributed by atoms with van der Waals surface area (Å²) < 4.78 is 17.0. The van der Waals surface area contributed by atoms with Crippen LogP contribution in [0.25, 0.3) is 0 Å². The Labute approximate surface area is 517 Å². The van der Waals surface area contributed by atoms with Gasteiger partial charge < -0.3 is 14.2 Å². The average Bonchev–Trinajstić information content (AvgIpc) is 3.50. The zero-order valence-electron chi connectivity index (χ0n) is 55.7. The summed E-state index contributed by atoms with van der Waals surface area (Å²) in [5.74, 6) is -0.877. The minimum Gasteiger partial charge on any atom is -0.462 e. The van der Waals surface area contributed by atoms with Crippen molar-refractivity contribution in [2.24, 2.45) is 0 Å². The maximum atomic E-state index is 12.9. The monoisotopic (exact) mass is 1160 g/mol. The predicted octanol–water partition coefficient (Wildman–Crippen LogP) is 25.5. The Morgan fingerprint density at radius 3 is 0.687 bits per heavy atom.